The van der Waals surface area contributed by atoms with Gasteiger partial charge in [0, 0.05) is 81.2 Å². The minimum atomic E-state index is -4.74. The zero-order chi connectivity index (χ0) is 51.8. The standard InChI is InChI=1S/C49H61ClF5N9O7S/c1-26(2)35(23-70-30-20-62(21-30)47(67)44(50)52)45(65)58-38-18-41-57-39(24-72-41)33-16-31-32(14-27(3)22-71-48(68)37-8-7-9-64(59-37)46(38)66)43(63(25-49(53,54)55)40(31)17-36(33)51)34-15-29(19-56-42(34)28(4)69-6)61-12-10-60(5)11-13-61/h15-17,19,24,26-28,30,35,37-38,44,59H,7-14,18,20-23,25H2,1-6H3,(H,58,65)/t27?,28?,35-,37?,38-,44?/m0/s1. The molecule has 0 spiro atoms. The van der Waals surface area contributed by atoms with Gasteiger partial charge in [0.1, 0.15) is 24.4 Å². The van der Waals surface area contributed by atoms with Crippen molar-refractivity contribution in [2.45, 2.75) is 96.0 Å². The van der Waals surface area contributed by atoms with E-state index in [1.807, 2.05) is 33.9 Å². The van der Waals surface area contributed by atoms with Crippen LogP contribution in [0.1, 0.15) is 62.9 Å². The summed E-state index contributed by atoms with van der Waals surface area (Å²) in [5.74, 6) is -4.96. The molecule has 4 unspecified atom stereocenters. The van der Waals surface area contributed by atoms with Gasteiger partial charge in [0.05, 0.1) is 70.8 Å². The van der Waals surface area contributed by atoms with Crippen LogP contribution < -0.4 is 15.6 Å². The number of thiazole rings is 1. The first kappa shape index (κ1) is 53.3. The van der Waals surface area contributed by atoms with Crippen LogP contribution in [0.25, 0.3) is 33.4 Å². The number of hydrogen-bond acceptors (Lipinski definition) is 13. The molecule has 4 aromatic rings. The first-order valence-corrected chi connectivity index (χ1v) is 25.6. The number of likely N-dealkylation sites (N-methyl/N-ethyl adjacent to an activating group) is 1. The van der Waals surface area contributed by atoms with E-state index in [0.29, 0.717) is 58.8 Å². The number of benzene rings is 1. The van der Waals surface area contributed by atoms with E-state index < -0.39 is 84.0 Å². The second-order valence-electron chi connectivity index (χ2n) is 19.7. The molecule has 3 fully saturated rings. The number of carbonyl (C=O) groups excluding carboxylic acids is 4. The van der Waals surface area contributed by atoms with Crippen molar-refractivity contribution < 1.29 is 55.3 Å². The van der Waals surface area contributed by atoms with Gasteiger partial charge in [-0.25, -0.2) is 19.2 Å². The molecule has 1 aromatic carbocycles. The van der Waals surface area contributed by atoms with Crippen LogP contribution >= 0.6 is 22.9 Å². The molecule has 0 aliphatic carbocycles. The molecule has 16 nitrogen and oxygen atoms in total. The Hall–Kier alpha value is -5.00. The summed E-state index contributed by atoms with van der Waals surface area (Å²) in [6.07, 6.45) is -3.44. The van der Waals surface area contributed by atoms with Crippen molar-refractivity contribution >= 4 is 63.2 Å². The van der Waals surface area contributed by atoms with E-state index in [1.165, 1.54) is 23.1 Å². The number of cyclic esters (lactones) is 1. The molecule has 0 saturated carbocycles. The Morgan fingerprint density at radius 1 is 1.06 bits per heavy atom. The Morgan fingerprint density at radius 2 is 1.79 bits per heavy atom. The van der Waals surface area contributed by atoms with E-state index in [0.717, 1.165) is 35.1 Å². The van der Waals surface area contributed by atoms with Gasteiger partial charge in [-0.1, -0.05) is 32.4 Å². The number of rotatable bonds is 12. The Morgan fingerprint density at radius 3 is 2.47 bits per heavy atom. The lowest BCUT2D eigenvalue weighted by molar-refractivity contribution is -0.154. The van der Waals surface area contributed by atoms with E-state index in [-0.39, 0.29) is 74.1 Å². The van der Waals surface area contributed by atoms with E-state index in [1.54, 1.807) is 18.5 Å². The Labute approximate surface area is 423 Å². The molecule has 8 rings (SSSR count). The van der Waals surface area contributed by atoms with Crippen molar-refractivity contribution in [2.75, 3.05) is 78.1 Å². The molecule has 6 atom stereocenters. The summed E-state index contributed by atoms with van der Waals surface area (Å²) in [4.78, 5) is 69.5. The van der Waals surface area contributed by atoms with Crippen molar-refractivity contribution in [2.24, 2.45) is 17.8 Å². The number of nitrogens with zero attached hydrogens (tertiary/aromatic N) is 7. The topological polar surface area (TPSA) is 164 Å². The van der Waals surface area contributed by atoms with Crippen LogP contribution in [-0.4, -0.2) is 156 Å². The second kappa shape index (κ2) is 22.2. The van der Waals surface area contributed by atoms with Gasteiger partial charge in [0.25, 0.3) is 17.4 Å². The van der Waals surface area contributed by atoms with Crippen LogP contribution in [-0.2, 0) is 52.8 Å². The fraction of sp³-hybridized carbons (Fsp3) is 0.592. The van der Waals surface area contributed by atoms with Crippen LogP contribution in [0.15, 0.2) is 29.8 Å². The molecule has 2 N–H and O–H groups in total. The largest absolute Gasteiger partial charge is 0.464 e. The number of hydrazine groups is 1. The number of piperazine rings is 1. The Kier molecular flexibility index (Phi) is 16.5. The van der Waals surface area contributed by atoms with Gasteiger partial charge in [-0.3, -0.25) is 29.2 Å². The van der Waals surface area contributed by atoms with Gasteiger partial charge in [0.2, 0.25) is 5.91 Å². The van der Waals surface area contributed by atoms with Gasteiger partial charge >= 0.3 is 12.1 Å². The molecule has 3 saturated heterocycles. The lowest BCUT2D eigenvalue weighted by Gasteiger charge is -2.39. The first-order chi connectivity index (χ1) is 34.2. The number of likely N-dealkylation sites (tertiary alicyclic amines) is 1. The fourth-order valence-corrected chi connectivity index (χ4v) is 10.7. The number of nitrogens with one attached hydrogen (secondary N) is 2. The number of pyridine rings is 1. The Balaban J connectivity index is 1.20. The third-order valence-corrected chi connectivity index (χ3v) is 15.0. The smallest absolute Gasteiger partial charge is 0.406 e. The minimum absolute atomic E-state index is 0.00534. The van der Waals surface area contributed by atoms with Gasteiger partial charge in [-0.2, -0.15) is 13.2 Å². The highest BCUT2D eigenvalue weighted by atomic mass is 35.5. The average molecular weight is 1050 g/mol. The number of esters is 1. The van der Waals surface area contributed by atoms with E-state index >= 15 is 4.39 Å². The summed E-state index contributed by atoms with van der Waals surface area (Å²) < 4.78 is 93.7. The molecule has 4 aliphatic heterocycles. The summed E-state index contributed by atoms with van der Waals surface area (Å²) in [5.41, 5.74) is 3.14. The molecule has 6 bridgehead atoms. The normalized spacial score (nSPS) is 22.1. The highest BCUT2D eigenvalue weighted by molar-refractivity contribution is 7.10. The van der Waals surface area contributed by atoms with Crippen molar-refractivity contribution in [3.05, 3.63) is 51.9 Å². The summed E-state index contributed by atoms with van der Waals surface area (Å²) in [6, 6.07) is 2.27. The predicted octanol–water partition coefficient (Wildman–Crippen LogP) is 6.28. The number of anilines is 1. The number of hydrogen-bond donors (Lipinski definition) is 2. The molecular formula is C49H61ClF5N9O7S. The molecular weight excluding hydrogens is 989 g/mol. The second-order valence-corrected chi connectivity index (χ2v) is 21.0. The predicted molar refractivity (Wildman–Crippen MR) is 260 cm³/mol. The van der Waals surface area contributed by atoms with Gasteiger partial charge in [0.15, 0.2) is 0 Å². The van der Waals surface area contributed by atoms with Gasteiger partial charge in [-0.05, 0) is 68.8 Å². The quantitative estimate of drug-likeness (QED) is 0.0930. The molecule has 72 heavy (non-hydrogen) atoms. The maximum absolute atomic E-state index is 16.8. The van der Waals surface area contributed by atoms with Crippen molar-refractivity contribution in [1.29, 1.82) is 0 Å². The number of ether oxygens (including phenoxy) is 3. The lowest BCUT2D eigenvalue weighted by atomic mass is 9.93. The zero-order valence-electron chi connectivity index (χ0n) is 41.1. The van der Waals surface area contributed by atoms with E-state index in [4.69, 9.17) is 35.8 Å². The summed E-state index contributed by atoms with van der Waals surface area (Å²) >= 11 is 6.43. The number of amides is 3. The zero-order valence-corrected chi connectivity index (χ0v) is 42.6. The first-order valence-electron chi connectivity index (χ1n) is 24.2. The van der Waals surface area contributed by atoms with E-state index in [9.17, 15) is 36.7 Å². The highest BCUT2D eigenvalue weighted by Gasteiger charge is 2.39. The number of methoxy groups -OCH3 is 1. The van der Waals surface area contributed by atoms with Gasteiger partial charge < -0.3 is 38.8 Å². The summed E-state index contributed by atoms with van der Waals surface area (Å²) in [7, 11) is 3.51. The third-order valence-electron chi connectivity index (χ3n) is 14.0. The maximum Gasteiger partial charge on any atom is 0.406 e. The van der Waals surface area contributed by atoms with E-state index in [2.05, 4.69) is 20.5 Å². The maximum atomic E-state index is 16.8. The van der Waals surface area contributed by atoms with Crippen LogP contribution in [0.5, 0.6) is 0 Å². The number of fused-ring (bicyclic) bond motifs is 6. The molecule has 3 amide bonds. The third kappa shape index (κ3) is 11.8. The number of carbonyl (C=O) groups is 4. The van der Waals surface area contributed by atoms with Crippen molar-refractivity contribution in [3.8, 4) is 22.5 Å². The van der Waals surface area contributed by atoms with Crippen LogP contribution in [0.3, 0.4) is 0 Å². The number of halogens is 6. The number of aromatic nitrogens is 3. The lowest BCUT2D eigenvalue weighted by Crippen LogP contribution is -2.61. The minimum Gasteiger partial charge on any atom is -0.464 e. The average Bonchev–Trinajstić information content (AvgIpc) is 3.90. The highest BCUT2D eigenvalue weighted by Crippen LogP contribution is 2.43. The molecule has 7 heterocycles. The SMILES string of the molecule is COC(C)c1ncc(N2CCN(C)CC2)cc1-c1c2c3cc(c(F)cc3n1CC(F)(F)F)-c1csc(n1)C[C@H](NC(=O)[C@@H](COC1CN(C(=O)C(F)Cl)C1)C(C)C)C(=O)N1CCCC(N1)C(=O)OCC(C)C2. The molecule has 4 aliphatic rings. The van der Waals surface area contributed by atoms with Crippen LogP contribution in [0.4, 0.5) is 27.6 Å². The molecule has 0 radical (unpaired) electrons. The number of alkyl halides is 5. The van der Waals surface area contributed by atoms with Crippen molar-refractivity contribution in [3.63, 3.8) is 0 Å². The van der Waals surface area contributed by atoms with Crippen LogP contribution in [0, 0.1) is 23.6 Å². The molecule has 23 heteroatoms. The van der Waals surface area contributed by atoms with Gasteiger partial charge in [-0.15, -0.1) is 11.3 Å². The fourth-order valence-electron chi connectivity index (χ4n) is 9.71. The molecule has 3 aromatic heterocycles. The summed E-state index contributed by atoms with van der Waals surface area (Å²) in [6.45, 7) is 8.78. The van der Waals surface area contributed by atoms with Crippen molar-refractivity contribution in [1.82, 2.24) is 40.1 Å². The Bertz CT molecular complexity index is 2640. The molecule has 392 valence electrons. The monoisotopic (exact) mass is 1050 g/mol. The summed E-state index contributed by atoms with van der Waals surface area (Å²) in [5, 5.41) is 6.45. The van der Waals surface area contributed by atoms with Crippen LogP contribution in [0.2, 0.25) is 0 Å².